The van der Waals surface area contributed by atoms with E-state index in [4.69, 9.17) is 0 Å². The van der Waals surface area contributed by atoms with Gasteiger partial charge in [-0.25, -0.2) is 12.7 Å². The zero-order valence-electron chi connectivity index (χ0n) is 13.0. The van der Waals surface area contributed by atoms with E-state index >= 15 is 0 Å². The third kappa shape index (κ3) is 5.10. The van der Waals surface area contributed by atoms with Crippen LogP contribution in [-0.4, -0.2) is 44.0 Å². The Morgan fingerprint density at radius 3 is 2.86 bits per heavy atom. The number of carbonyl (C=O) groups excluding carboxylic acids is 1. The molecule has 22 heavy (non-hydrogen) atoms. The molecule has 0 aliphatic carbocycles. The second-order valence-electron chi connectivity index (χ2n) is 5.79. The van der Waals surface area contributed by atoms with Gasteiger partial charge in [0.05, 0.1) is 12.2 Å². The van der Waals surface area contributed by atoms with Gasteiger partial charge >= 0.3 is 0 Å². The zero-order chi connectivity index (χ0) is 16.0. The van der Waals surface area contributed by atoms with Crippen LogP contribution in [0.2, 0.25) is 0 Å². The molecule has 0 bridgehead atoms. The lowest BCUT2D eigenvalue weighted by atomic mass is 10.1. The molecule has 2 rings (SSSR count). The van der Waals surface area contributed by atoms with Gasteiger partial charge in [0, 0.05) is 19.6 Å². The monoisotopic (exact) mass is 324 g/mol. The predicted molar refractivity (Wildman–Crippen MR) is 87.1 cm³/mol. The van der Waals surface area contributed by atoms with Gasteiger partial charge in [0.2, 0.25) is 15.9 Å². The summed E-state index contributed by atoms with van der Waals surface area (Å²) < 4.78 is 25.2. The summed E-state index contributed by atoms with van der Waals surface area (Å²) in [5.41, 5.74) is 2.14. The largest absolute Gasteiger partial charge is 0.356 e. The summed E-state index contributed by atoms with van der Waals surface area (Å²) in [6.07, 6.45) is 2.70. The van der Waals surface area contributed by atoms with Crippen LogP contribution in [0.1, 0.15) is 30.4 Å². The highest BCUT2D eigenvalue weighted by molar-refractivity contribution is 7.89. The second kappa shape index (κ2) is 7.74. The second-order valence-corrected chi connectivity index (χ2v) is 7.88. The smallest absolute Gasteiger partial charge is 0.224 e. The van der Waals surface area contributed by atoms with Crippen LogP contribution >= 0.6 is 0 Å². The molecule has 0 unspecified atom stereocenters. The van der Waals surface area contributed by atoms with E-state index in [0.29, 0.717) is 32.5 Å². The topological polar surface area (TPSA) is 66.5 Å². The molecule has 6 heteroatoms. The number of sulfonamides is 1. The number of carbonyl (C=O) groups is 1. The first kappa shape index (κ1) is 17.0. The molecule has 1 aliphatic heterocycles. The first-order chi connectivity index (χ1) is 10.5. The minimum atomic E-state index is -3.06. The number of benzene rings is 1. The maximum absolute atomic E-state index is 11.9. The summed E-state index contributed by atoms with van der Waals surface area (Å²) >= 11 is 0. The van der Waals surface area contributed by atoms with E-state index in [9.17, 15) is 13.2 Å². The van der Waals surface area contributed by atoms with Gasteiger partial charge in [-0.3, -0.25) is 4.79 Å². The highest BCUT2D eigenvalue weighted by Gasteiger charge is 2.24. The number of amides is 1. The molecular formula is C16H24N2O3S. The van der Waals surface area contributed by atoms with Gasteiger partial charge in [0.1, 0.15) is 0 Å². The lowest BCUT2D eigenvalue weighted by Gasteiger charge is -2.26. The summed E-state index contributed by atoms with van der Waals surface area (Å²) in [5.74, 6) is 0.235. The summed E-state index contributed by atoms with van der Waals surface area (Å²) in [6, 6.07) is 7.88. The minimum absolute atomic E-state index is 0.0212. The van der Waals surface area contributed by atoms with Gasteiger partial charge < -0.3 is 5.32 Å². The Morgan fingerprint density at radius 2 is 2.14 bits per heavy atom. The van der Waals surface area contributed by atoms with Crippen LogP contribution in [0.15, 0.2) is 24.3 Å². The highest BCUT2D eigenvalue weighted by Crippen LogP contribution is 2.13. The van der Waals surface area contributed by atoms with Crippen LogP contribution in [-0.2, 0) is 21.2 Å². The van der Waals surface area contributed by atoms with Gasteiger partial charge in [-0.15, -0.1) is 0 Å². The van der Waals surface area contributed by atoms with E-state index in [1.807, 2.05) is 31.2 Å². The van der Waals surface area contributed by atoms with Gasteiger partial charge in [0.15, 0.2) is 0 Å². The fourth-order valence-electron chi connectivity index (χ4n) is 2.64. The Balaban J connectivity index is 1.69. The number of hydrogen-bond donors (Lipinski definition) is 1. The molecule has 1 fully saturated rings. The van der Waals surface area contributed by atoms with E-state index in [-0.39, 0.29) is 11.7 Å². The van der Waals surface area contributed by atoms with Crippen molar-refractivity contribution in [2.24, 2.45) is 0 Å². The molecule has 1 aliphatic rings. The van der Waals surface area contributed by atoms with E-state index < -0.39 is 10.0 Å². The van der Waals surface area contributed by atoms with Crippen molar-refractivity contribution in [3.63, 3.8) is 0 Å². The van der Waals surface area contributed by atoms with Gasteiger partial charge in [0.25, 0.3) is 0 Å². The van der Waals surface area contributed by atoms with Crippen molar-refractivity contribution in [3.05, 3.63) is 35.4 Å². The summed E-state index contributed by atoms with van der Waals surface area (Å²) in [5, 5.41) is 2.86. The van der Waals surface area contributed by atoms with Crippen molar-refractivity contribution in [1.82, 2.24) is 9.62 Å². The summed E-state index contributed by atoms with van der Waals surface area (Å²) in [7, 11) is -3.06. The van der Waals surface area contributed by atoms with Crippen LogP contribution in [0.25, 0.3) is 0 Å². The highest BCUT2D eigenvalue weighted by atomic mass is 32.2. The van der Waals surface area contributed by atoms with Crippen molar-refractivity contribution in [1.29, 1.82) is 0 Å². The van der Waals surface area contributed by atoms with Crippen molar-refractivity contribution in [2.45, 2.75) is 32.6 Å². The van der Waals surface area contributed by atoms with E-state index in [1.165, 1.54) is 0 Å². The standard InChI is InChI=1S/C16H24N2O3S/c1-14-6-4-7-15(12-14)13-16(19)17-8-5-10-18-9-2-3-11-22(18,20)21/h4,6-7,12H,2-3,5,8-11,13H2,1H3,(H,17,19). The molecule has 0 radical (unpaired) electrons. The third-order valence-corrected chi connectivity index (χ3v) is 5.76. The maximum Gasteiger partial charge on any atom is 0.224 e. The van der Waals surface area contributed by atoms with Crippen LogP contribution < -0.4 is 5.32 Å². The molecule has 1 aromatic rings. The average molecular weight is 324 g/mol. The third-order valence-electron chi connectivity index (χ3n) is 3.81. The van der Waals surface area contributed by atoms with E-state index in [0.717, 1.165) is 24.0 Å². The average Bonchev–Trinajstić information content (AvgIpc) is 2.44. The quantitative estimate of drug-likeness (QED) is 0.806. The van der Waals surface area contributed by atoms with Crippen molar-refractivity contribution in [3.8, 4) is 0 Å². The minimum Gasteiger partial charge on any atom is -0.356 e. The van der Waals surface area contributed by atoms with Crippen LogP contribution in [0, 0.1) is 6.92 Å². The van der Waals surface area contributed by atoms with Crippen LogP contribution in [0.4, 0.5) is 0 Å². The molecule has 0 spiro atoms. The Kier molecular flexibility index (Phi) is 5.97. The molecule has 1 aromatic carbocycles. The van der Waals surface area contributed by atoms with Crippen LogP contribution in [0.3, 0.4) is 0 Å². The number of hydrogen-bond acceptors (Lipinski definition) is 3. The van der Waals surface area contributed by atoms with Crippen molar-refractivity contribution in [2.75, 3.05) is 25.4 Å². The fraction of sp³-hybridized carbons (Fsp3) is 0.562. The fourth-order valence-corrected chi connectivity index (χ4v) is 4.29. The Bertz CT molecular complexity index is 614. The maximum atomic E-state index is 11.9. The molecule has 1 N–H and O–H groups in total. The van der Waals surface area contributed by atoms with Crippen molar-refractivity contribution < 1.29 is 13.2 Å². The number of nitrogens with one attached hydrogen (secondary N) is 1. The predicted octanol–water partition coefficient (Wildman–Crippen LogP) is 1.47. The molecule has 0 saturated carbocycles. The SMILES string of the molecule is Cc1cccc(CC(=O)NCCCN2CCCCS2(=O)=O)c1. The molecule has 5 nitrogen and oxygen atoms in total. The van der Waals surface area contributed by atoms with Gasteiger partial charge in [-0.2, -0.15) is 0 Å². The lowest BCUT2D eigenvalue weighted by Crippen LogP contribution is -2.39. The first-order valence-corrected chi connectivity index (χ1v) is 9.38. The lowest BCUT2D eigenvalue weighted by molar-refractivity contribution is -0.120. The Labute approximate surface area is 132 Å². The summed E-state index contributed by atoms with van der Waals surface area (Å²) in [4.78, 5) is 11.9. The molecular weight excluding hydrogens is 300 g/mol. The number of nitrogens with zero attached hydrogens (tertiary/aromatic N) is 1. The van der Waals surface area contributed by atoms with E-state index in [1.54, 1.807) is 4.31 Å². The zero-order valence-corrected chi connectivity index (χ0v) is 13.9. The molecule has 122 valence electrons. The molecule has 0 atom stereocenters. The normalized spacial score (nSPS) is 18.0. The molecule has 1 saturated heterocycles. The Morgan fingerprint density at radius 1 is 1.32 bits per heavy atom. The number of aryl methyl sites for hydroxylation is 1. The molecule has 1 amide bonds. The molecule has 0 aromatic heterocycles. The Hall–Kier alpha value is -1.40. The van der Waals surface area contributed by atoms with Crippen LogP contribution in [0.5, 0.6) is 0 Å². The van der Waals surface area contributed by atoms with Gasteiger partial charge in [-0.05, 0) is 31.7 Å². The van der Waals surface area contributed by atoms with E-state index in [2.05, 4.69) is 5.32 Å². The summed E-state index contributed by atoms with van der Waals surface area (Å²) in [6.45, 7) is 3.61. The van der Waals surface area contributed by atoms with Gasteiger partial charge in [-0.1, -0.05) is 29.8 Å². The number of rotatable bonds is 6. The molecule has 1 heterocycles. The van der Waals surface area contributed by atoms with Crippen molar-refractivity contribution >= 4 is 15.9 Å². The first-order valence-electron chi connectivity index (χ1n) is 7.77.